The molecule has 6 heteroatoms. The van der Waals surface area contributed by atoms with Gasteiger partial charge >= 0.3 is 0 Å². The number of nitrogens with one attached hydrogen (secondary N) is 1. The van der Waals surface area contributed by atoms with Crippen LogP contribution in [0.2, 0.25) is 0 Å². The Morgan fingerprint density at radius 1 is 1.50 bits per heavy atom. The third-order valence-corrected chi connectivity index (χ3v) is 3.68. The van der Waals surface area contributed by atoms with E-state index in [0.29, 0.717) is 17.7 Å². The molecule has 0 atom stereocenters. The summed E-state index contributed by atoms with van der Waals surface area (Å²) in [5.41, 5.74) is 2.28. The van der Waals surface area contributed by atoms with Crippen LogP contribution in [-0.2, 0) is 17.8 Å². The maximum atomic E-state index is 11.8. The van der Waals surface area contributed by atoms with Crippen LogP contribution in [0.4, 0.5) is 5.69 Å². The molecule has 20 heavy (non-hydrogen) atoms. The van der Waals surface area contributed by atoms with Crippen molar-refractivity contribution in [2.24, 2.45) is 0 Å². The zero-order valence-corrected chi connectivity index (χ0v) is 12.1. The first-order chi connectivity index (χ1) is 9.69. The van der Waals surface area contributed by atoms with Crippen LogP contribution < -0.4 is 5.32 Å². The van der Waals surface area contributed by atoms with Gasteiger partial charge in [-0.15, -0.1) is 11.3 Å². The van der Waals surface area contributed by atoms with Crippen molar-refractivity contribution < 1.29 is 9.90 Å². The Kier molecular flexibility index (Phi) is 5.20. The molecule has 0 fully saturated rings. The quantitative estimate of drug-likeness (QED) is 0.856. The average Bonchev–Trinajstić information content (AvgIpc) is 2.85. The summed E-state index contributed by atoms with van der Waals surface area (Å²) in [6.45, 7) is 1.86. The van der Waals surface area contributed by atoms with Crippen molar-refractivity contribution in [3.8, 4) is 0 Å². The Morgan fingerprint density at radius 3 is 3.05 bits per heavy atom. The van der Waals surface area contributed by atoms with Gasteiger partial charge in [0.25, 0.3) is 0 Å². The van der Waals surface area contributed by atoms with Crippen molar-refractivity contribution in [2.75, 3.05) is 5.32 Å². The highest BCUT2D eigenvalue weighted by atomic mass is 32.1. The monoisotopic (exact) mass is 291 g/mol. The fraction of sp³-hybridized carbons (Fsp3) is 0.357. The molecule has 0 aliphatic carbocycles. The van der Waals surface area contributed by atoms with Gasteiger partial charge < -0.3 is 10.4 Å². The number of pyridine rings is 1. The largest absolute Gasteiger partial charge is 0.392 e. The Bertz CT molecular complexity index is 583. The Balaban J connectivity index is 1.80. The van der Waals surface area contributed by atoms with Crippen LogP contribution in [0.1, 0.15) is 29.1 Å². The second-order valence-electron chi connectivity index (χ2n) is 4.45. The molecule has 0 spiro atoms. The normalized spacial score (nSPS) is 10.5. The third-order valence-electron chi connectivity index (χ3n) is 2.86. The number of rotatable bonds is 6. The van der Waals surface area contributed by atoms with Crippen molar-refractivity contribution in [3.05, 3.63) is 40.1 Å². The fourth-order valence-electron chi connectivity index (χ4n) is 1.84. The highest BCUT2D eigenvalue weighted by Crippen LogP contribution is 2.14. The van der Waals surface area contributed by atoms with Gasteiger partial charge in [-0.25, -0.2) is 4.98 Å². The van der Waals surface area contributed by atoms with E-state index in [1.54, 1.807) is 29.8 Å². The van der Waals surface area contributed by atoms with E-state index in [0.717, 1.165) is 23.5 Å². The smallest absolute Gasteiger partial charge is 0.224 e. The zero-order valence-electron chi connectivity index (χ0n) is 11.3. The molecular weight excluding hydrogens is 274 g/mol. The summed E-state index contributed by atoms with van der Waals surface area (Å²) in [6, 6.07) is 1.69. The van der Waals surface area contributed by atoms with Crippen molar-refractivity contribution >= 4 is 22.9 Å². The summed E-state index contributed by atoms with van der Waals surface area (Å²) in [7, 11) is 0. The van der Waals surface area contributed by atoms with Crippen LogP contribution >= 0.6 is 11.3 Å². The molecule has 2 aromatic rings. The molecule has 0 radical (unpaired) electrons. The van der Waals surface area contributed by atoms with E-state index in [4.69, 9.17) is 0 Å². The Morgan fingerprint density at radius 2 is 2.35 bits per heavy atom. The predicted molar refractivity (Wildman–Crippen MR) is 78.6 cm³/mol. The van der Waals surface area contributed by atoms with E-state index in [-0.39, 0.29) is 12.5 Å². The van der Waals surface area contributed by atoms with Crippen molar-refractivity contribution in [3.63, 3.8) is 0 Å². The molecule has 2 N–H and O–H groups in total. The lowest BCUT2D eigenvalue weighted by Gasteiger charge is -2.08. The minimum Gasteiger partial charge on any atom is -0.392 e. The van der Waals surface area contributed by atoms with Gasteiger partial charge in [-0.3, -0.25) is 9.78 Å². The fourth-order valence-corrected chi connectivity index (χ4v) is 2.49. The number of aliphatic hydroxyl groups excluding tert-OH is 1. The summed E-state index contributed by atoms with van der Waals surface area (Å²) in [4.78, 5) is 20.1. The first kappa shape index (κ1) is 14.6. The van der Waals surface area contributed by atoms with Gasteiger partial charge in [0.2, 0.25) is 5.91 Å². The van der Waals surface area contributed by atoms with Gasteiger partial charge in [0.1, 0.15) is 0 Å². The SMILES string of the molecule is Cc1nc(CCCC(=O)Nc2cnccc2CO)cs1. The van der Waals surface area contributed by atoms with E-state index in [2.05, 4.69) is 15.3 Å². The molecule has 1 amide bonds. The maximum absolute atomic E-state index is 11.8. The van der Waals surface area contributed by atoms with Crippen LogP contribution in [0.15, 0.2) is 23.8 Å². The van der Waals surface area contributed by atoms with Crippen molar-refractivity contribution in [1.82, 2.24) is 9.97 Å². The first-order valence-corrected chi connectivity index (χ1v) is 7.31. The molecule has 2 rings (SSSR count). The number of thiazole rings is 1. The molecule has 2 heterocycles. The van der Waals surface area contributed by atoms with E-state index in [1.165, 1.54) is 0 Å². The number of aromatic nitrogens is 2. The van der Waals surface area contributed by atoms with Crippen LogP contribution in [0.3, 0.4) is 0 Å². The van der Waals surface area contributed by atoms with E-state index in [9.17, 15) is 9.90 Å². The molecular formula is C14H17N3O2S. The minimum atomic E-state index is -0.115. The van der Waals surface area contributed by atoms with E-state index in [1.807, 2.05) is 12.3 Å². The van der Waals surface area contributed by atoms with Gasteiger partial charge in [-0.2, -0.15) is 0 Å². The van der Waals surface area contributed by atoms with E-state index >= 15 is 0 Å². The summed E-state index contributed by atoms with van der Waals surface area (Å²) in [5, 5.41) is 15.0. The van der Waals surface area contributed by atoms with Crippen molar-refractivity contribution in [1.29, 1.82) is 0 Å². The number of hydrogen-bond donors (Lipinski definition) is 2. The topological polar surface area (TPSA) is 75.1 Å². The average molecular weight is 291 g/mol. The number of carbonyl (C=O) groups is 1. The highest BCUT2D eigenvalue weighted by molar-refractivity contribution is 7.09. The van der Waals surface area contributed by atoms with E-state index < -0.39 is 0 Å². The number of hydrogen-bond acceptors (Lipinski definition) is 5. The van der Waals surface area contributed by atoms with Crippen LogP contribution in [0.25, 0.3) is 0 Å². The molecule has 0 aliphatic heterocycles. The number of nitrogens with zero attached hydrogens (tertiary/aromatic N) is 2. The van der Waals surface area contributed by atoms with Gasteiger partial charge in [0.15, 0.2) is 0 Å². The summed E-state index contributed by atoms with van der Waals surface area (Å²) < 4.78 is 0. The first-order valence-electron chi connectivity index (χ1n) is 6.43. The highest BCUT2D eigenvalue weighted by Gasteiger charge is 2.07. The predicted octanol–water partition coefficient (Wildman–Crippen LogP) is 2.30. The van der Waals surface area contributed by atoms with Crippen LogP contribution in [0, 0.1) is 6.92 Å². The number of aliphatic hydroxyl groups is 1. The lowest BCUT2D eigenvalue weighted by molar-refractivity contribution is -0.116. The molecule has 2 aromatic heterocycles. The number of anilines is 1. The van der Waals surface area contributed by atoms with Gasteiger partial charge in [-0.1, -0.05) is 0 Å². The lowest BCUT2D eigenvalue weighted by atomic mass is 10.2. The maximum Gasteiger partial charge on any atom is 0.224 e. The van der Waals surface area contributed by atoms with Crippen LogP contribution in [0.5, 0.6) is 0 Å². The van der Waals surface area contributed by atoms with Gasteiger partial charge in [0.05, 0.1) is 29.2 Å². The molecule has 0 unspecified atom stereocenters. The minimum absolute atomic E-state index is 0.0698. The Labute approximate surface area is 121 Å². The van der Waals surface area contributed by atoms with Gasteiger partial charge in [-0.05, 0) is 25.8 Å². The van der Waals surface area contributed by atoms with Gasteiger partial charge in [0, 0.05) is 23.6 Å². The van der Waals surface area contributed by atoms with Crippen LogP contribution in [-0.4, -0.2) is 21.0 Å². The summed E-state index contributed by atoms with van der Waals surface area (Å²) in [5.74, 6) is -0.0698. The summed E-state index contributed by atoms with van der Waals surface area (Å²) in [6.07, 6.45) is 5.12. The van der Waals surface area contributed by atoms with Crippen molar-refractivity contribution in [2.45, 2.75) is 32.8 Å². The molecule has 5 nitrogen and oxygen atoms in total. The third kappa shape index (κ3) is 4.11. The molecule has 0 saturated carbocycles. The second-order valence-corrected chi connectivity index (χ2v) is 5.51. The zero-order chi connectivity index (χ0) is 14.4. The standard InChI is InChI=1S/C14H17N3O2S/c1-10-16-12(9-20-10)3-2-4-14(19)17-13-7-15-6-5-11(13)8-18/h5-7,9,18H,2-4,8H2,1H3,(H,17,19). The Hall–Kier alpha value is -1.79. The number of carbonyl (C=O) groups excluding carboxylic acids is 1. The summed E-state index contributed by atoms with van der Waals surface area (Å²) >= 11 is 1.62. The molecule has 0 bridgehead atoms. The molecule has 0 aromatic carbocycles. The molecule has 106 valence electrons. The number of aryl methyl sites for hydroxylation is 2. The number of amides is 1. The lowest BCUT2D eigenvalue weighted by Crippen LogP contribution is -2.13. The molecule has 0 aliphatic rings. The second kappa shape index (κ2) is 7.12. The molecule has 0 saturated heterocycles.